The van der Waals surface area contributed by atoms with Gasteiger partial charge in [-0.1, -0.05) is 30.3 Å². The number of rotatable bonds is 8. The van der Waals surface area contributed by atoms with Gasteiger partial charge in [0.1, 0.15) is 0 Å². The summed E-state index contributed by atoms with van der Waals surface area (Å²) >= 11 is 1.64. The maximum atomic E-state index is 12.3. The summed E-state index contributed by atoms with van der Waals surface area (Å²) in [6.07, 6.45) is 0. The number of non-ortho nitro benzene ring substituents is 1. The van der Waals surface area contributed by atoms with Gasteiger partial charge in [0.2, 0.25) is 10.0 Å². The topological polar surface area (TPSA) is 89.3 Å². The standard InChI is InChI=1S/C16H18N2O4S2/c1-13(11-23-12-14-5-3-2-4-6-14)17-24(21,22)16-9-7-15(8-10-16)18(19)20/h2-10,13,17H,11-12H2,1H3/t13-/m0/s1. The van der Waals surface area contributed by atoms with Crippen LogP contribution in [0, 0.1) is 10.1 Å². The molecule has 8 heteroatoms. The average molecular weight is 366 g/mol. The van der Waals surface area contributed by atoms with Crippen LogP contribution < -0.4 is 4.72 Å². The highest BCUT2D eigenvalue weighted by molar-refractivity contribution is 7.98. The zero-order valence-electron chi connectivity index (χ0n) is 13.1. The van der Waals surface area contributed by atoms with Crippen LogP contribution in [0.5, 0.6) is 0 Å². The molecule has 0 amide bonds. The summed E-state index contributed by atoms with van der Waals surface area (Å²) in [5.74, 6) is 1.44. The number of nitro benzene ring substituents is 1. The number of nitro groups is 1. The molecule has 0 radical (unpaired) electrons. The Morgan fingerprint density at radius 1 is 1.12 bits per heavy atom. The first-order valence-corrected chi connectivity index (χ1v) is 9.91. The van der Waals surface area contributed by atoms with Gasteiger partial charge in [0.15, 0.2) is 0 Å². The summed E-state index contributed by atoms with van der Waals surface area (Å²) in [5.41, 5.74) is 1.05. The van der Waals surface area contributed by atoms with E-state index in [2.05, 4.69) is 4.72 Å². The van der Waals surface area contributed by atoms with E-state index in [1.807, 2.05) is 30.3 Å². The zero-order valence-corrected chi connectivity index (χ0v) is 14.7. The highest BCUT2D eigenvalue weighted by Gasteiger charge is 2.18. The fourth-order valence-electron chi connectivity index (χ4n) is 2.04. The van der Waals surface area contributed by atoms with Crippen molar-refractivity contribution >= 4 is 27.5 Å². The lowest BCUT2D eigenvalue weighted by Crippen LogP contribution is -2.34. The summed E-state index contributed by atoms with van der Waals surface area (Å²) in [4.78, 5) is 10.1. The summed E-state index contributed by atoms with van der Waals surface area (Å²) < 4.78 is 27.1. The Morgan fingerprint density at radius 2 is 1.75 bits per heavy atom. The van der Waals surface area contributed by atoms with Crippen LogP contribution in [0.4, 0.5) is 5.69 Å². The molecule has 6 nitrogen and oxygen atoms in total. The summed E-state index contributed by atoms with van der Waals surface area (Å²) in [5, 5.41) is 10.6. The predicted octanol–water partition coefficient (Wildman–Crippen LogP) is 3.20. The fourth-order valence-corrected chi connectivity index (χ4v) is 4.37. The zero-order chi connectivity index (χ0) is 17.6. The van der Waals surface area contributed by atoms with Gasteiger partial charge >= 0.3 is 0 Å². The number of hydrogen-bond donors (Lipinski definition) is 1. The lowest BCUT2D eigenvalue weighted by atomic mass is 10.2. The molecule has 0 unspecified atom stereocenters. The molecule has 0 bridgehead atoms. The molecule has 24 heavy (non-hydrogen) atoms. The second-order valence-corrected chi connectivity index (χ2v) is 8.02. The number of sulfonamides is 1. The first kappa shape index (κ1) is 18.4. The van der Waals surface area contributed by atoms with E-state index >= 15 is 0 Å². The number of nitrogens with zero attached hydrogens (tertiary/aromatic N) is 1. The van der Waals surface area contributed by atoms with Crippen molar-refractivity contribution < 1.29 is 13.3 Å². The number of benzene rings is 2. The lowest BCUT2D eigenvalue weighted by molar-refractivity contribution is -0.384. The summed E-state index contributed by atoms with van der Waals surface area (Å²) in [6, 6.07) is 14.5. The molecule has 0 heterocycles. The Bertz CT molecular complexity index is 777. The smallest absolute Gasteiger partial charge is 0.258 e. The van der Waals surface area contributed by atoms with Crippen molar-refractivity contribution in [1.82, 2.24) is 4.72 Å². The number of nitrogens with one attached hydrogen (secondary N) is 1. The largest absolute Gasteiger partial charge is 0.269 e. The normalized spacial score (nSPS) is 12.7. The minimum atomic E-state index is -3.68. The van der Waals surface area contributed by atoms with Crippen molar-refractivity contribution in [2.75, 3.05) is 5.75 Å². The van der Waals surface area contributed by atoms with E-state index in [1.54, 1.807) is 18.7 Å². The molecule has 128 valence electrons. The van der Waals surface area contributed by atoms with Gasteiger partial charge in [0, 0.05) is 29.7 Å². The summed E-state index contributed by atoms with van der Waals surface area (Å²) in [6.45, 7) is 1.79. The molecular weight excluding hydrogens is 348 g/mol. The quantitative estimate of drug-likeness (QED) is 0.572. The molecule has 0 aromatic heterocycles. The van der Waals surface area contributed by atoms with E-state index in [4.69, 9.17) is 0 Å². The van der Waals surface area contributed by atoms with Gasteiger partial charge < -0.3 is 0 Å². The molecular formula is C16H18N2O4S2. The Hall–Kier alpha value is -1.90. The van der Waals surface area contributed by atoms with Crippen molar-refractivity contribution in [3.05, 3.63) is 70.3 Å². The van der Waals surface area contributed by atoms with Gasteiger partial charge in [-0.15, -0.1) is 0 Å². The highest BCUT2D eigenvalue weighted by atomic mass is 32.2. The van der Waals surface area contributed by atoms with Gasteiger partial charge in [-0.25, -0.2) is 13.1 Å². The maximum absolute atomic E-state index is 12.3. The molecule has 1 atom stereocenters. The second kappa shape index (κ2) is 8.27. The van der Waals surface area contributed by atoms with Crippen LogP contribution in [0.3, 0.4) is 0 Å². The molecule has 2 aromatic rings. The van der Waals surface area contributed by atoms with Gasteiger partial charge in [0.05, 0.1) is 9.82 Å². The third-order valence-corrected chi connectivity index (χ3v) is 6.07. The third-order valence-electron chi connectivity index (χ3n) is 3.19. The van der Waals surface area contributed by atoms with E-state index < -0.39 is 14.9 Å². The average Bonchev–Trinajstić information content (AvgIpc) is 2.55. The third kappa shape index (κ3) is 5.33. The van der Waals surface area contributed by atoms with Crippen molar-refractivity contribution in [2.24, 2.45) is 0 Å². The maximum Gasteiger partial charge on any atom is 0.269 e. The fraction of sp³-hybridized carbons (Fsp3) is 0.250. The minimum absolute atomic E-state index is 0.0213. The molecule has 0 spiro atoms. The molecule has 1 N–H and O–H groups in total. The van der Waals surface area contributed by atoms with Crippen LogP contribution in [-0.4, -0.2) is 25.1 Å². The Labute approximate surface area is 145 Å². The predicted molar refractivity (Wildman–Crippen MR) is 95.5 cm³/mol. The van der Waals surface area contributed by atoms with E-state index in [1.165, 1.54) is 29.8 Å². The first-order chi connectivity index (χ1) is 11.4. The lowest BCUT2D eigenvalue weighted by Gasteiger charge is -2.14. The molecule has 0 saturated carbocycles. The summed E-state index contributed by atoms with van der Waals surface area (Å²) in [7, 11) is -3.68. The van der Waals surface area contributed by atoms with Gasteiger partial charge in [-0.2, -0.15) is 11.8 Å². The molecule has 0 aliphatic carbocycles. The molecule has 0 aliphatic heterocycles. The second-order valence-electron chi connectivity index (χ2n) is 5.27. The number of thioether (sulfide) groups is 1. The Morgan fingerprint density at radius 3 is 2.33 bits per heavy atom. The molecule has 2 rings (SSSR count). The van der Waals surface area contributed by atoms with E-state index in [-0.39, 0.29) is 16.6 Å². The van der Waals surface area contributed by atoms with Gasteiger partial charge in [0.25, 0.3) is 5.69 Å². The highest BCUT2D eigenvalue weighted by Crippen LogP contribution is 2.17. The van der Waals surface area contributed by atoms with Crippen LogP contribution >= 0.6 is 11.8 Å². The minimum Gasteiger partial charge on any atom is -0.258 e. The Kier molecular flexibility index (Phi) is 6.36. The van der Waals surface area contributed by atoms with Crippen molar-refractivity contribution in [3.63, 3.8) is 0 Å². The van der Waals surface area contributed by atoms with Crippen molar-refractivity contribution in [2.45, 2.75) is 23.6 Å². The van der Waals surface area contributed by atoms with E-state index in [9.17, 15) is 18.5 Å². The SMILES string of the molecule is C[C@@H](CSCc1ccccc1)NS(=O)(=O)c1ccc([N+](=O)[O-])cc1. The molecule has 0 fully saturated rings. The van der Waals surface area contributed by atoms with Crippen LogP contribution in [-0.2, 0) is 15.8 Å². The first-order valence-electron chi connectivity index (χ1n) is 7.27. The van der Waals surface area contributed by atoms with Crippen molar-refractivity contribution in [3.8, 4) is 0 Å². The van der Waals surface area contributed by atoms with Crippen LogP contribution in [0.25, 0.3) is 0 Å². The Balaban J connectivity index is 1.89. The molecule has 2 aromatic carbocycles. The molecule has 0 saturated heterocycles. The van der Waals surface area contributed by atoms with Gasteiger partial charge in [-0.05, 0) is 24.6 Å². The monoisotopic (exact) mass is 366 g/mol. The van der Waals surface area contributed by atoms with E-state index in [0.717, 1.165) is 5.75 Å². The van der Waals surface area contributed by atoms with Crippen molar-refractivity contribution in [1.29, 1.82) is 0 Å². The van der Waals surface area contributed by atoms with Crippen LogP contribution in [0.1, 0.15) is 12.5 Å². The van der Waals surface area contributed by atoms with Crippen LogP contribution in [0.15, 0.2) is 59.5 Å². The van der Waals surface area contributed by atoms with Gasteiger partial charge in [-0.3, -0.25) is 10.1 Å². The van der Waals surface area contributed by atoms with E-state index in [0.29, 0.717) is 5.75 Å². The molecule has 0 aliphatic rings. The van der Waals surface area contributed by atoms with Crippen LogP contribution in [0.2, 0.25) is 0 Å². The number of hydrogen-bond acceptors (Lipinski definition) is 5.